The van der Waals surface area contributed by atoms with Gasteiger partial charge in [0.15, 0.2) is 12.4 Å². The van der Waals surface area contributed by atoms with E-state index >= 15 is 0 Å². The molecular formula is C9H6FNO4. The lowest BCUT2D eigenvalue weighted by molar-refractivity contribution is -0.118. The highest BCUT2D eigenvalue weighted by Crippen LogP contribution is 2.32. The third-order valence-corrected chi connectivity index (χ3v) is 1.96. The predicted molar refractivity (Wildman–Crippen MR) is 47.5 cm³/mol. The second-order valence-electron chi connectivity index (χ2n) is 2.94. The Hall–Kier alpha value is -2.11. The quantitative estimate of drug-likeness (QED) is 0.722. The van der Waals surface area contributed by atoms with Crippen molar-refractivity contribution >= 4 is 17.6 Å². The number of fused-ring (bicyclic) bond motifs is 1. The van der Waals surface area contributed by atoms with Crippen LogP contribution in [0, 0.1) is 5.82 Å². The summed E-state index contributed by atoms with van der Waals surface area (Å²) in [6.07, 6.45) is 0. The lowest BCUT2D eigenvalue weighted by Crippen LogP contribution is -2.26. The number of aromatic carboxylic acids is 1. The van der Waals surface area contributed by atoms with Crippen LogP contribution in [-0.4, -0.2) is 23.6 Å². The van der Waals surface area contributed by atoms with Crippen LogP contribution in [0.1, 0.15) is 10.4 Å². The molecule has 0 bridgehead atoms. The van der Waals surface area contributed by atoms with Gasteiger partial charge in [-0.1, -0.05) is 0 Å². The first kappa shape index (κ1) is 9.45. The molecule has 0 radical (unpaired) electrons. The van der Waals surface area contributed by atoms with E-state index in [0.717, 1.165) is 6.07 Å². The molecule has 0 aromatic heterocycles. The summed E-state index contributed by atoms with van der Waals surface area (Å²) in [6, 6.07) is 2.40. The molecule has 0 fully saturated rings. The molecule has 0 aliphatic carbocycles. The molecule has 0 spiro atoms. The fourth-order valence-electron chi connectivity index (χ4n) is 1.28. The van der Waals surface area contributed by atoms with Crippen molar-refractivity contribution in [2.75, 3.05) is 11.9 Å². The SMILES string of the molecule is O=C1COc2ccc(C(=O)O)c(F)c2N1. The molecule has 1 heterocycles. The zero-order valence-corrected chi connectivity index (χ0v) is 7.41. The van der Waals surface area contributed by atoms with Crippen molar-refractivity contribution in [1.29, 1.82) is 0 Å². The standard InChI is InChI=1S/C9H6FNO4/c10-7-4(9(13)14)1-2-5-8(7)11-6(12)3-15-5/h1-2H,3H2,(H,11,12)(H,13,14). The van der Waals surface area contributed by atoms with E-state index in [1.807, 2.05) is 0 Å². The number of halogens is 1. The Balaban J connectivity index is 2.56. The maximum Gasteiger partial charge on any atom is 0.338 e. The smallest absolute Gasteiger partial charge is 0.338 e. The highest BCUT2D eigenvalue weighted by molar-refractivity contribution is 5.98. The molecule has 0 saturated heterocycles. The van der Waals surface area contributed by atoms with Crippen molar-refractivity contribution in [1.82, 2.24) is 0 Å². The minimum atomic E-state index is -1.39. The number of benzene rings is 1. The Bertz CT molecular complexity index is 458. The Morgan fingerprint density at radius 1 is 1.53 bits per heavy atom. The van der Waals surface area contributed by atoms with Gasteiger partial charge in [0.1, 0.15) is 11.4 Å². The molecule has 1 aromatic carbocycles. The number of amides is 1. The van der Waals surface area contributed by atoms with E-state index in [9.17, 15) is 14.0 Å². The summed E-state index contributed by atoms with van der Waals surface area (Å²) >= 11 is 0. The molecule has 1 aliphatic heterocycles. The van der Waals surface area contributed by atoms with Crippen molar-refractivity contribution in [2.24, 2.45) is 0 Å². The highest BCUT2D eigenvalue weighted by atomic mass is 19.1. The number of nitrogens with one attached hydrogen (secondary N) is 1. The fraction of sp³-hybridized carbons (Fsp3) is 0.111. The van der Waals surface area contributed by atoms with Crippen LogP contribution >= 0.6 is 0 Å². The van der Waals surface area contributed by atoms with Gasteiger partial charge in [-0.05, 0) is 12.1 Å². The molecule has 2 rings (SSSR count). The van der Waals surface area contributed by atoms with Gasteiger partial charge >= 0.3 is 5.97 Å². The maximum absolute atomic E-state index is 13.5. The summed E-state index contributed by atoms with van der Waals surface area (Å²) in [5.74, 6) is -2.76. The van der Waals surface area contributed by atoms with Gasteiger partial charge in [0.05, 0.1) is 5.56 Å². The Morgan fingerprint density at radius 2 is 2.27 bits per heavy atom. The minimum absolute atomic E-state index is 0.136. The zero-order valence-electron chi connectivity index (χ0n) is 7.41. The van der Waals surface area contributed by atoms with Crippen molar-refractivity contribution in [3.63, 3.8) is 0 Å². The second kappa shape index (κ2) is 3.23. The highest BCUT2D eigenvalue weighted by Gasteiger charge is 2.23. The number of ether oxygens (including phenoxy) is 1. The number of hydrogen-bond donors (Lipinski definition) is 2. The van der Waals surface area contributed by atoms with E-state index in [0.29, 0.717) is 0 Å². The van der Waals surface area contributed by atoms with Gasteiger partial charge in [-0.25, -0.2) is 9.18 Å². The third kappa shape index (κ3) is 1.50. The van der Waals surface area contributed by atoms with E-state index in [1.165, 1.54) is 6.07 Å². The monoisotopic (exact) mass is 211 g/mol. The maximum atomic E-state index is 13.5. The van der Waals surface area contributed by atoms with Gasteiger partial charge in [0.25, 0.3) is 5.91 Å². The van der Waals surface area contributed by atoms with Crippen LogP contribution in [0.3, 0.4) is 0 Å². The van der Waals surface area contributed by atoms with E-state index in [2.05, 4.69) is 5.32 Å². The normalized spacial score (nSPS) is 13.8. The number of hydrogen-bond acceptors (Lipinski definition) is 3. The molecule has 6 heteroatoms. The number of carbonyl (C=O) groups excluding carboxylic acids is 1. The average molecular weight is 211 g/mol. The van der Waals surface area contributed by atoms with Crippen molar-refractivity contribution in [3.8, 4) is 5.75 Å². The van der Waals surface area contributed by atoms with Gasteiger partial charge < -0.3 is 15.2 Å². The van der Waals surface area contributed by atoms with E-state index in [1.54, 1.807) is 0 Å². The summed E-state index contributed by atoms with van der Waals surface area (Å²) in [5, 5.41) is 10.9. The van der Waals surface area contributed by atoms with Gasteiger partial charge in [-0.2, -0.15) is 0 Å². The molecule has 0 unspecified atom stereocenters. The Kier molecular flexibility index (Phi) is 2.03. The van der Waals surface area contributed by atoms with Crippen LogP contribution < -0.4 is 10.1 Å². The molecular weight excluding hydrogens is 205 g/mol. The molecule has 15 heavy (non-hydrogen) atoms. The van der Waals surface area contributed by atoms with Crippen LogP contribution in [0.2, 0.25) is 0 Å². The largest absolute Gasteiger partial charge is 0.481 e. The lowest BCUT2D eigenvalue weighted by atomic mass is 10.1. The van der Waals surface area contributed by atoms with Gasteiger partial charge in [0, 0.05) is 0 Å². The topological polar surface area (TPSA) is 75.6 Å². The predicted octanol–water partition coefficient (Wildman–Crippen LogP) is 0.855. The summed E-state index contributed by atoms with van der Waals surface area (Å²) in [5.41, 5.74) is -0.717. The molecule has 78 valence electrons. The Labute approximate surface area is 83.5 Å². The van der Waals surface area contributed by atoms with Gasteiger partial charge in [-0.15, -0.1) is 0 Å². The van der Waals surface area contributed by atoms with Crippen molar-refractivity contribution in [3.05, 3.63) is 23.5 Å². The van der Waals surface area contributed by atoms with Crippen molar-refractivity contribution < 1.29 is 23.8 Å². The van der Waals surface area contributed by atoms with Crippen LogP contribution in [0.15, 0.2) is 12.1 Å². The number of carboxylic acid groups (broad SMARTS) is 1. The molecule has 1 aromatic rings. The van der Waals surface area contributed by atoms with E-state index in [4.69, 9.17) is 9.84 Å². The number of anilines is 1. The summed E-state index contributed by atoms with van der Waals surface area (Å²) in [4.78, 5) is 21.5. The molecule has 1 aliphatic rings. The number of carboxylic acids is 1. The number of carbonyl (C=O) groups is 2. The van der Waals surface area contributed by atoms with Crippen LogP contribution in [0.4, 0.5) is 10.1 Å². The summed E-state index contributed by atoms with van der Waals surface area (Å²) in [7, 11) is 0. The zero-order chi connectivity index (χ0) is 11.0. The van der Waals surface area contributed by atoms with Crippen LogP contribution in [0.5, 0.6) is 5.75 Å². The van der Waals surface area contributed by atoms with E-state index < -0.39 is 23.3 Å². The summed E-state index contributed by atoms with van der Waals surface area (Å²) < 4.78 is 18.4. The van der Waals surface area contributed by atoms with Gasteiger partial charge in [-0.3, -0.25) is 4.79 Å². The average Bonchev–Trinajstić information content (AvgIpc) is 2.19. The van der Waals surface area contributed by atoms with Crippen LogP contribution in [0.25, 0.3) is 0 Å². The number of rotatable bonds is 1. The Morgan fingerprint density at radius 3 is 2.93 bits per heavy atom. The molecule has 5 nitrogen and oxygen atoms in total. The molecule has 0 atom stereocenters. The van der Waals surface area contributed by atoms with Gasteiger partial charge in [0.2, 0.25) is 0 Å². The lowest BCUT2D eigenvalue weighted by Gasteiger charge is -2.18. The third-order valence-electron chi connectivity index (χ3n) is 1.96. The molecule has 2 N–H and O–H groups in total. The minimum Gasteiger partial charge on any atom is -0.481 e. The van der Waals surface area contributed by atoms with E-state index in [-0.39, 0.29) is 18.0 Å². The first-order valence-electron chi connectivity index (χ1n) is 4.08. The fourth-order valence-corrected chi connectivity index (χ4v) is 1.28. The summed E-state index contributed by atoms with van der Waals surface area (Å²) in [6.45, 7) is -0.196. The molecule has 0 saturated carbocycles. The second-order valence-corrected chi connectivity index (χ2v) is 2.94. The van der Waals surface area contributed by atoms with Crippen molar-refractivity contribution in [2.45, 2.75) is 0 Å². The first-order chi connectivity index (χ1) is 7.09. The first-order valence-corrected chi connectivity index (χ1v) is 4.08. The van der Waals surface area contributed by atoms with Crippen LogP contribution in [-0.2, 0) is 4.79 Å². The molecule has 1 amide bonds.